The highest BCUT2D eigenvalue weighted by molar-refractivity contribution is 14.1. The summed E-state index contributed by atoms with van der Waals surface area (Å²) in [6, 6.07) is 46.0. The molecule has 0 heterocycles. The number of hydrogen-bond donors (Lipinski definition) is 0. The third-order valence-corrected chi connectivity index (χ3v) is 11.5. The summed E-state index contributed by atoms with van der Waals surface area (Å²) in [6.07, 6.45) is 6.90. The van der Waals surface area contributed by atoms with Crippen molar-refractivity contribution in [3.63, 3.8) is 0 Å². The summed E-state index contributed by atoms with van der Waals surface area (Å²) >= 11 is 9.92. The zero-order valence-electron chi connectivity index (χ0n) is 22.6. The maximum Gasteiger partial charge on any atom is 0.0705 e. The molecule has 0 saturated heterocycles. The minimum absolute atomic E-state index is 0.410. The molecule has 42 heavy (non-hydrogen) atoms. The molecular weight excluding hydrogens is 964 g/mol. The van der Waals surface area contributed by atoms with Gasteiger partial charge in [0, 0.05) is 14.3 Å². The molecule has 206 valence electrons. The molecule has 0 unspecified atom stereocenters. The Morgan fingerprint density at radius 3 is 1.29 bits per heavy atom. The van der Waals surface area contributed by atoms with Crippen molar-refractivity contribution >= 4 is 90.4 Å². The van der Waals surface area contributed by atoms with Crippen molar-refractivity contribution in [1.29, 1.82) is 0 Å². The monoisotopic (exact) mass is 990 g/mol. The standard InChI is InChI=1S/C38H26I4/c39-29-13-5-9-25(21-29)37(26-10-6-14-30(40)22-26)33-17-1-2-18-34(33)38(27-11-7-15-31(41)23-27,28-12-8-16-32(42)24-28)36-20-4-3-19-35(36)37/h1-3,5-19,21-24H,4,20H2. The van der Waals surface area contributed by atoms with Gasteiger partial charge < -0.3 is 0 Å². The van der Waals surface area contributed by atoms with Gasteiger partial charge in [0.15, 0.2) is 0 Å². The number of benzene rings is 5. The summed E-state index contributed by atoms with van der Waals surface area (Å²) in [6.45, 7) is 0. The van der Waals surface area contributed by atoms with E-state index in [4.69, 9.17) is 0 Å². The van der Waals surface area contributed by atoms with Gasteiger partial charge in [-0.25, -0.2) is 0 Å². The maximum absolute atomic E-state index is 2.48. The third kappa shape index (κ3) is 4.60. The fraction of sp³-hybridized carbons (Fsp3) is 0.105. The van der Waals surface area contributed by atoms with Crippen molar-refractivity contribution in [2.45, 2.75) is 23.7 Å². The Bertz CT molecular complexity index is 1810. The molecular formula is C38H26I4. The van der Waals surface area contributed by atoms with E-state index in [1.807, 2.05) is 0 Å². The lowest BCUT2D eigenvalue weighted by Crippen LogP contribution is -2.46. The molecule has 4 heteroatoms. The van der Waals surface area contributed by atoms with Crippen LogP contribution in [0.1, 0.15) is 46.2 Å². The lowest BCUT2D eigenvalue weighted by atomic mass is 9.49. The number of halogens is 4. The van der Waals surface area contributed by atoms with E-state index in [1.165, 1.54) is 58.8 Å². The molecule has 0 saturated carbocycles. The highest BCUT2D eigenvalue weighted by atomic mass is 127. The van der Waals surface area contributed by atoms with Crippen molar-refractivity contribution in [2.24, 2.45) is 0 Å². The first-order chi connectivity index (χ1) is 20.5. The Labute approximate surface area is 302 Å². The summed E-state index contributed by atoms with van der Waals surface area (Å²) in [5.74, 6) is 0. The first-order valence-electron chi connectivity index (χ1n) is 14.0. The van der Waals surface area contributed by atoms with Gasteiger partial charge in [-0.3, -0.25) is 0 Å². The van der Waals surface area contributed by atoms with Crippen LogP contribution in [0.15, 0.2) is 145 Å². The van der Waals surface area contributed by atoms with Crippen LogP contribution < -0.4 is 0 Å². The van der Waals surface area contributed by atoms with Crippen LogP contribution in [-0.4, -0.2) is 0 Å². The lowest BCUT2D eigenvalue weighted by molar-refractivity contribution is 0.575. The molecule has 7 rings (SSSR count). The van der Waals surface area contributed by atoms with Crippen molar-refractivity contribution in [2.75, 3.05) is 0 Å². The third-order valence-electron chi connectivity index (χ3n) is 8.79. The van der Waals surface area contributed by atoms with E-state index in [-0.39, 0.29) is 0 Å². The van der Waals surface area contributed by atoms with Gasteiger partial charge in [0.2, 0.25) is 0 Å². The smallest absolute Gasteiger partial charge is 0.0705 e. The Hall–Kier alpha value is -1.50. The largest absolute Gasteiger partial charge is 0.0839 e. The fourth-order valence-corrected chi connectivity index (χ4v) is 9.52. The Kier molecular flexibility index (Phi) is 8.20. The minimum atomic E-state index is -0.446. The van der Waals surface area contributed by atoms with Gasteiger partial charge in [0.1, 0.15) is 0 Å². The zero-order valence-corrected chi connectivity index (χ0v) is 31.3. The second-order valence-corrected chi connectivity index (χ2v) is 15.9. The highest BCUT2D eigenvalue weighted by Gasteiger charge is 2.54. The van der Waals surface area contributed by atoms with E-state index in [2.05, 4.69) is 224 Å². The maximum atomic E-state index is 2.48. The summed E-state index contributed by atoms with van der Waals surface area (Å²) < 4.78 is 5.02. The summed E-state index contributed by atoms with van der Waals surface area (Å²) in [5.41, 5.74) is 10.1. The van der Waals surface area contributed by atoms with Crippen molar-refractivity contribution in [3.8, 4) is 0 Å². The molecule has 0 radical (unpaired) electrons. The van der Waals surface area contributed by atoms with Crippen LogP contribution in [0, 0.1) is 14.3 Å². The molecule has 5 aromatic rings. The van der Waals surface area contributed by atoms with Crippen LogP contribution >= 0.6 is 90.4 Å². The zero-order chi connectivity index (χ0) is 28.9. The minimum Gasteiger partial charge on any atom is -0.0839 e. The van der Waals surface area contributed by atoms with Crippen LogP contribution in [0.4, 0.5) is 0 Å². The van der Waals surface area contributed by atoms with Crippen LogP contribution in [0.2, 0.25) is 0 Å². The molecule has 0 atom stereocenters. The van der Waals surface area contributed by atoms with Crippen molar-refractivity contribution < 1.29 is 0 Å². The second-order valence-electron chi connectivity index (χ2n) is 10.9. The Morgan fingerprint density at radius 2 is 0.857 bits per heavy atom. The van der Waals surface area contributed by atoms with E-state index >= 15 is 0 Å². The molecule has 0 amide bonds. The van der Waals surface area contributed by atoms with Gasteiger partial charge >= 0.3 is 0 Å². The number of fused-ring (bicyclic) bond motifs is 1. The topological polar surface area (TPSA) is 0 Å². The molecule has 0 aliphatic heterocycles. The first kappa shape index (κ1) is 29.2. The van der Waals surface area contributed by atoms with Crippen molar-refractivity contribution in [3.05, 3.63) is 192 Å². The molecule has 0 bridgehead atoms. The fourth-order valence-electron chi connectivity index (χ4n) is 7.35. The van der Waals surface area contributed by atoms with Crippen LogP contribution in [0.5, 0.6) is 0 Å². The van der Waals surface area contributed by atoms with E-state index in [9.17, 15) is 0 Å². The molecule has 0 N–H and O–H groups in total. The van der Waals surface area contributed by atoms with Crippen LogP contribution in [0.3, 0.4) is 0 Å². The molecule has 0 spiro atoms. The van der Waals surface area contributed by atoms with E-state index in [1.54, 1.807) is 0 Å². The predicted octanol–water partition coefficient (Wildman–Crippen LogP) is 11.4. The Morgan fingerprint density at radius 1 is 0.452 bits per heavy atom. The summed E-state index contributed by atoms with van der Waals surface area (Å²) in [4.78, 5) is 0. The molecule has 2 aliphatic carbocycles. The molecule has 5 aromatic carbocycles. The number of rotatable bonds is 4. The molecule has 0 fully saturated rings. The van der Waals surface area contributed by atoms with E-state index < -0.39 is 10.8 Å². The quantitative estimate of drug-likeness (QED) is 0.157. The summed E-state index contributed by atoms with van der Waals surface area (Å²) in [7, 11) is 0. The number of hydrogen-bond acceptors (Lipinski definition) is 0. The van der Waals surface area contributed by atoms with Gasteiger partial charge in [-0.1, -0.05) is 84.9 Å². The average molecular weight is 990 g/mol. The first-order valence-corrected chi connectivity index (χ1v) is 18.3. The molecule has 0 aromatic heterocycles. The highest BCUT2D eigenvalue weighted by Crippen LogP contribution is 2.62. The molecule has 2 aliphatic rings. The van der Waals surface area contributed by atoms with Gasteiger partial charge in [0.05, 0.1) is 10.8 Å². The van der Waals surface area contributed by atoms with Gasteiger partial charge in [-0.05, 0) is 196 Å². The van der Waals surface area contributed by atoms with Gasteiger partial charge in [-0.15, -0.1) is 0 Å². The lowest BCUT2D eigenvalue weighted by Gasteiger charge is -2.52. The van der Waals surface area contributed by atoms with Gasteiger partial charge in [0.25, 0.3) is 0 Å². The van der Waals surface area contributed by atoms with Gasteiger partial charge in [-0.2, -0.15) is 0 Å². The Balaban J connectivity index is 1.74. The number of allylic oxidation sites excluding steroid dienone is 4. The molecule has 0 nitrogen and oxygen atoms in total. The van der Waals surface area contributed by atoms with Crippen molar-refractivity contribution in [1.82, 2.24) is 0 Å². The average Bonchev–Trinajstić information content (AvgIpc) is 3.00. The van der Waals surface area contributed by atoms with E-state index in [0.29, 0.717) is 0 Å². The SMILES string of the molecule is Ic1cccc(C2(c3cccc(I)c3)C3=C(CCC=C3)C(c3cccc(I)c3)(c3cccc(I)c3)c3ccccc32)c1. The second kappa shape index (κ2) is 11.8. The summed E-state index contributed by atoms with van der Waals surface area (Å²) in [5, 5.41) is 0. The van der Waals surface area contributed by atoms with Crippen LogP contribution in [0.25, 0.3) is 0 Å². The van der Waals surface area contributed by atoms with Crippen LogP contribution in [-0.2, 0) is 10.8 Å². The van der Waals surface area contributed by atoms with E-state index in [0.717, 1.165) is 12.8 Å². The predicted molar refractivity (Wildman–Crippen MR) is 208 cm³/mol. The normalized spacial score (nSPS) is 16.6.